The number of alkyl halides is 1. The molecule has 1 amide bonds. The molecule has 0 spiro atoms. The van der Waals surface area contributed by atoms with Crippen molar-refractivity contribution < 1.29 is 18.3 Å². The van der Waals surface area contributed by atoms with Gasteiger partial charge in [-0.2, -0.15) is 0 Å². The lowest BCUT2D eigenvalue weighted by Gasteiger charge is -2.39. The molecular formula is C16H23BrFNO3Si. The Labute approximate surface area is 146 Å². The zero-order valence-corrected chi connectivity index (χ0v) is 16.7. The molecule has 0 radical (unpaired) electrons. The number of ether oxygens (including phenoxy) is 1. The fourth-order valence-corrected chi connectivity index (χ4v) is 4.12. The van der Waals surface area contributed by atoms with Crippen LogP contribution in [0.5, 0.6) is 0 Å². The summed E-state index contributed by atoms with van der Waals surface area (Å²) in [4.78, 5) is 11.2. The molecule has 2 rings (SSSR count). The molecule has 4 nitrogen and oxygen atoms in total. The number of fused-ring (bicyclic) bond motifs is 1. The number of halogens is 2. The molecule has 1 aliphatic rings. The lowest BCUT2D eigenvalue weighted by molar-refractivity contribution is 0.151. The summed E-state index contributed by atoms with van der Waals surface area (Å²) in [6, 6.07) is 3.07. The normalized spacial score (nSPS) is 16.4. The second-order valence-corrected chi connectivity index (χ2v) is 12.7. The maximum Gasteiger partial charge on any atom is 0.411 e. The van der Waals surface area contributed by atoms with E-state index in [1.54, 1.807) is 6.07 Å². The van der Waals surface area contributed by atoms with E-state index in [9.17, 15) is 9.18 Å². The number of nitrogens with one attached hydrogen (secondary N) is 1. The zero-order chi connectivity index (χ0) is 17.4. The third kappa shape index (κ3) is 3.95. The van der Waals surface area contributed by atoms with Crippen LogP contribution >= 0.6 is 15.9 Å². The van der Waals surface area contributed by atoms with E-state index in [4.69, 9.17) is 9.16 Å². The van der Waals surface area contributed by atoms with Gasteiger partial charge in [-0.15, -0.1) is 0 Å². The Hall–Kier alpha value is -0.923. The highest BCUT2D eigenvalue weighted by Gasteiger charge is 2.39. The van der Waals surface area contributed by atoms with Crippen molar-refractivity contribution in [3.8, 4) is 0 Å². The summed E-state index contributed by atoms with van der Waals surface area (Å²) in [7, 11) is -2.04. The maximum atomic E-state index is 14.5. The summed E-state index contributed by atoms with van der Waals surface area (Å²) in [5.41, 5.74) is 1.71. The van der Waals surface area contributed by atoms with Gasteiger partial charge in [0.25, 0.3) is 0 Å². The average Bonchev–Trinajstić information content (AvgIpc) is 2.43. The summed E-state index contributed by atoms with van der Waals surface area (Å²) in [5.74, 6) is -0.380. The quantitative estimate of drug-likeness (QED) is 0.544. The standard InChI is InChI=1S/C16H23BrFNO3Si/c1-16(2,3)23(4,5)22-14(8-17)11-6-10-9-21-15(20)19-13(10)7-12(11)18/h6-7,14H,8-9H2,1-5H3,(H,19,20). The van der Waals surface area contributed by atoms with Crippen LogP contribution in [0.3, 0.4) is 0 Å². The molecule has 7 heteroatoms. The van der Waals surface area contributed by atoms with E-state index in [0.717, 1.165) is 5.56 Å². The van der Waals surface area contributed by atoms with Crippen LogP contribution in [-0.2, 0) is 15.8 Å². The molecule has 0 fully saturated rings. The first kappa shape index (κ1) is 18.4. The Morgan fingerprint density at radius 1 is 1.43 bits per heavy atom. The largest absolute Gasteiger partial charge is 0.444 e. The van der Waals surface area contributed by atoms with Gasteiger partial charge in [-0.25, -0.2) is 9.18 Å². The lowest BCUT2D eigenvalue weighted by atomic mass is 10.0. The van der Waals surface area contributed by atoms with Crippen LogP contribution in [0.4, 0.5) is 14.9 Å². The van der Waals surface area contributed by atoms with Crippen LogP contribution in [0.25, 0.3) is 0 Å². The van der Waals surface area contributed by atoms with Gasteiger partial charge in [-0.05, 0) is 30.3 Å². The SMILES string of the molecule is CC(C)(C)[Si](C)(C)OC(CBr)c1cc2c(cc1F)NC(=O)OC2. The van der Waals surface area contributed by atoms with Crippen molar-refractivity contribution in [2.24, 2.45) is 0 Å². The smallest absolute Gasteiger partial charge is 0.411 e. The topological polar surface area (TPSA) is 47.6 Å². The van der Waals surface area contributed by atoms with Gasteiger partial charge in [0.2, 0.25) is 0 Å². The van der Waals surface area contributed by atoms with E-state index >= 15 is 0 Å². The molecule has 0 saturated heterocycles. The fraction of sp³-hybridized carbons (Fsp3) is 0.562. The molecule has 0 aromatic heterocycles. The molecule has 128 valence electrons. The fourth-order valence-electron chi connectivity index (χ4n) is 2.12. The molecular weight excluding hydrogens is 381 g/mol. The van der Waals surface area contributed by atoms with Crippen molar-refractivity contribution in [1.82, 2.24) is 0 Å². The van der Waals surface area contributed by atoms with Gasteiger partial charge in [0, 0.05) is 16.5 Å². The van der Waals surface area contributed by atoms with E-state index in [2.05, 4.69) is 55.1 Å². The number of hydrogen-bond acceptors (Lipinski definition) is 3. The maximum absolute atomic E-state index is 14.5. The van der Waals surface area contributed by atoms with Crippen molar-refractivity contribution in [1.29, 1.82) is 0 Å². The molecule has 1 aromatic rings. The first-order valence-corrected chi connectivity index (χ1v) is 11.6. The Morgan fingerprint density at radius 2 is 2.09 bits per heavy atom. The van der Waals surface area contributed by atoms with Crippen molar-refractivity contribution in [3.05, 3.63) is 29.1 Å². The molecule has 0 bridgehead atoms. The summed E-state index contributed by atoms with van der Waals surface area (Å²) < 4.78 is 25.8. The number of benzene rings is 1. The summed E-state index contributed by atoms with van der Waals surface area (Å²) >= 11 is 3.44. The molecule has 1 aliphatic heterocycles. The van der Waals surface area contributed by atoms with Gasteiger partial charge in [0.1, 0.15) is 12.4 Å². The zero-order valence-electron chi connectivity index (χ0n) is 14.1. The minimum absolute atomic E-state index is 0.0369. The Bertz CT molecular complexity index is 616. The van der Waals surface area contributed by atoms with Crippen LogP contribution in [0, 0.1) is 5.82 Å². The van der Waals surface area contributed by atoms with Gasteiger partial charge in [-0.1, -0.05) is 36.7 Å². The van der Waals surface area contributed by atoms with E-state index in [-0.39, 0.29) is 23.6 Å². The minimum Gasteiger partial charge on any atom is -0.444 e. The first-order valence-electron chi connectivity index (χ1n) is 7.55. The molecule has 23 heavy (non-hydrogen) atoms. The number of cyclic esters (lactones) is 1. The molecule has 1 heterocycles. The highest BCUT2D eigenvalue weighted by molar-refractivity contribution is 9.09. The van der Waals surface area contributed by atoms with Gasteiger partial charge in [0.05, 0.1) is 11.8 Å². The highest BCUT2D eigenvalue weighted by Crippen LogP contribution is 2.41. The first-order chi connectivity index (χ1) is 10.5. The Balaban J connectivity index is 2.34. The minimum atomic E-state index is -2.04. The van der Waals surface area contributed by atoms with Crippen LogP contribution in [0.2, 0.25) is 18.1 Å². The van der Waals surface area contributed by atoms with E-state index < -0.39 is 14.4 Å². The molecule has 1 unspecified atom stereocenters. The summed E-state index contributed by atoms with van der Waals surface area (Å²) in [6.45, 7) is 10.9. The third-order valence-corrected chi connectivity index (χ3v) is 9.62. The summed E-state index contributed by atoms with van der Waals surface area (Å²) in [5, 5.41) is 3.05. The summed E-state index contributed by atoms with van der Waals surface area (Å²) in [6.07, 6.45) is -0.932. The van der Waals surface area contributed by atoms with Crippen molar-refractivity contribution >= 4 is 36.0 Å². The van der Waals surface area contributed by atoms with Gasteiger partial charge < -0.3 is 9.16 Å². The third-order valence-electron chi connectivity index (χ3n) is 4.55. The second-order valence-electron chi connectivity index (χ2n) is 7.25. The van der Waals surface area contributed by atoms with Crippen molar-refractivity contribution in [2.45, 2.75) is 51.6 Å². The van der Waals surface area contributed by atoms with Crippen LogP contribution in [0.15, 0.2) is 12.1 Å². The van der Waals surface area contributed by atoms with E-state index in [0.29, 0.717) is 16.6 Å². The van der Waals surface area contributed by atoms with Crippen molar-refractivity contribution in [2.75, 3.05) is 10.6 Å². The average molecular weight is 404 g/mol. The van der Waals surface area contributed by atoms with Gasteiger partial charge >= 0.3 is 6.09 Å². The van der Waals surface area contributed by atoms with Gasteiger partial charge in [-0.3, -0.25) is 5.32 Å². The van der Waals surface area contributed by atoms with Crippen LogP contribution < -0.4 is 5.32 Å². The number of rotatable bonds is 4. The molecule has 1 aromatic carbocycles. The number of hydrogen-bond donors (Lipinski definition) is 1. The van der Waals surface area contributed by atoms with Crippen LogP contribution in [-0.4, -0.2) is 19.7 Å². The molecule has 0 aliphatic carbocycles. The second kappa shape index (κ2) is 6.53. The van der Waals surface area contributed by atoms with Gasteiger partial charge in [0.15, 0.2) is 8.32 Å². The number of carbonyl (C=O) groups excluding carboxylic acids is 1. The number of anilines is 1. The van der Waals surface area contributed by atoms with E-state index in [1.807, 2.05) is 0 Å². The predicted octanol–water partition coefficient (Wildman–Crippen LogP) is 5.35. The molecule has 0 saturated carbocycles. The Morgan fingerprint density at radius 3 is 2.65 bits per heavy atom. The Kier molecular flexibility index (Phi) is 5.23. The monoisotopic (exact) mass is 403 g/mol. The lowest BCUT2D eigenvalue weighted by Crippen LogP contribution is -2.42. The number of amides is 1. The predicted molar refractivity (Wildman–Crippen MR) is 95.0 cm³/mol. The number of carbonyl (C=O) groups is 1. The molecule has 1 atom stereocenters. The molecule has 1 N–H and O–H groups in total. The van der Waals surface area contributed by atoms with Crippen molar-refractivity contribution in [3.63, 3.8) is 0 Å². The van der Waals surface area contributed by atoms with E-state index in [1.165, 1.54) is 6.07 Å². The van der Waals surface area contributed by atoms with Crippen LogP contribution in [0.1, 0.15) is 38.0 Å². The highest BCUT2D eigenvalue weighted by atomic mass is 79.9.